The molecule has 3 heterocycles. The van der Waals surface area contributed by atoms with Gasteiger partial charge in [0.2, 0.25) is 5.91 Å². The number of aromatic amines is 1. The second-order valence-electron chi connectivity index (χ2n) is 7.28. The number of pyridine rings is 1. The number of amides is 2. The molecule has 2 aromatic heterocycles. The maximum absolute atomic E-state index is 12.6. The van der Waals surface area contributed by atoms with E-state index in [1.54, 1.807) is 19.4 Å². The molecule has 3 aromatic rings. The molecule has 1 aromatic carbocycles. The molecule has 7 heteroatoms. The molecular formula is C22H24N4O3. The summed E-state index contributed by atoms with van der Waals surface area (Å²) in [6.45, 7) is 1.15. The van der Waals surface area contributed by atoms with Crippen molar-refractivity contribution in [3.8, 4) is 5.75 Å². The van der Waals surface area contributed by atoms with Crippen LogP contribution in [0.15, 0.2) is 48.7 Å². The summed E-state index contributed by atoms with van der Waals surface area (Å²) in [5, 5.41) is 3.06. The zero-order valence-corrected chi connectivity index (χ0v) is 16.4. The van der Waals surface area contributed by atoms with Gasteiger partial charge in [0.15, 0.2) is 0 Å². The van der Waals surface area contributed by atoms with E-state index in [1.807, 2.05) is 41.3 Å². The molecule has 1 fully saturated rings. The van der Waals surface area contributed by atoms with Crippen LogP contribution in [0.1, 0.15) is 35.3 Å². The standard InChI is InChI=1S/C22H24N4O3/c1-29-17-5-2-4-15(12-17)14-26-11-9-16(7-8-21(26)27)24-22(28)20-13-19-18(25-20)6-3-10-23-19/h2-6,10,12-13,16,25H,7-9,11,14H2,1H3,(H,24,28). The van der Waals surface area contributed by atoms with Crippen LogP contribution < -0.4 is 10.1 Å². The second-order valence-corrected chi connectivity index (χ2v) is 7.28. The number of ether oxygens (including phenoxy) is 1. The number of benzene rings is 1. The summed E-state index contributed by atoms with van der Waals surface area (Å²) in [4.78, 5) is 34.4. The van der Waals surface area contributed by atoms with Gasteiger partial charge < -0.3 is 19.9 Å². The van der Waals surface area contributed by atoms with E-state index >= 15 is 0 Å². The van der Waals surface area contributed by atoms with Gasteiger partial charge in [0.1, 0.15) is 11.4 Å². The number of nitrogens with one attached hydrogen (secondary N) is 2. The number of likely N-dealkylation sites (tertiary alicyclic amines) is 1. The van der Waals surface area contributed by atoms with Crippen molar-refractivity contribution in [2.24, 2.45) is 0 Å². The Morgan fingerprint density at radius 2 is 2.17 bits per heavy atom. The number of methoxy groups -OCH3 is 1. The van der Waals surface area contributed by atoms with Crippen LogP contribution >= 0.6 is 0 Å². The van der Waals surface area contributed by atoms with Crippen molar-refractivity contribution in [3.05, 3.63) is 59.9 Å². The molecule has 1 aliphatic heterocycles. The Balaban J connectivity index is 1.38. The summed E-state index contributed by atoms with van der Waals surface area (Å²) in [5.41, 5.74) is 3.12. The Bertz CT molecular complexity index is 997. The highest BCUT2D eigenvalue weighted by Gasteiger charge is 2.24. The molecule has 1 atom stereocenters. The van der Waals surface area contributed by atoms with Gasteiger partial charge in [0.25, 0.3) is 5.91 Å². The van der Waals surface area contributed by atoms with Crippen molar-refractivity contribution in [2.45, 2.75) is 31.8 Å². The molecule has 2 N–H and O–H groups in total. The Morgan fingerprint density at radius 1 is 1.28 bits per heavy atom. The molecular weight excluding hydrogens is 368 g/mol. The van der Waals surface area contributed by atoms with Crippen LogP contribution in [0.25, 0.3) is 11.0 Å². The molecule has 4 rings (SSSR count). The minimum atomic E-state index is -0.165. The molecule has 29 heavy (non-hydrogen) atoms. The summed E-state index contributed by atoms with van der Waals surface area (Å²) in [7, 11) is 1.63. The number of hydrogen-bond donors (Lipinski definition) is 2. The van der Waals surface area contributed by atoms with Crippen LogP contribution in [0.2, 0.25) is 0 Å². The lowest BCUT2D eigenvalue weighted by Gasteiger charge is -2.21. The molecule has 1 unspecified atom stereocenters. The van der Waals surface area contributed by atoms with Gasteiger partial charge >= 0.3 is 0 Å². The van der Waals surface area contributed by atoms with Gasteiger partial charge in [-0.15, -0.1) is 0 Å². The first-order chi connectivity index (χ1) is 14.1. The second kappa shape index (κ2) is 8.34. The summed E-state index contributed by atoms with van der Waals surface area (Å²) in [6, 6.07) is 13.2. The fourth-order valence-electron chi connectivity index (χ4n) is 3.68. The average molecular weight is 392 g/mol. The lowest BCUT2D eigenvalue weighted by Crippen LogP contribution is -2.36. The first kappa shape index (κ1) is 19.0. The van der Waals surface area contributed by atoms with Crippen molar-refractivity contribution >= 4 is 22.8 Å². The first-order valence-electron chi connectivity index (χ1n) is 9.77. The van der Waals surface area contributed by atoms with Gasteiger partial charge in [-0.2, -0.15) is 0 Å². The van der Waals surface area contributed by atoms with Crippen molar-refractivity contribution in [3.63, 3.8) is 0 Å². The molecule has 0 saturated carbocycles. The van der Waals surface area contributed by atoms with Crippen molar-refractivity contribution in [1.29, 1.82) is 0 Å². The topological polar surface area (TPSA) is 87.3 Å². The smallest absolute Gasteiger partial charge is 0.268 e. The zero-order chi connectivity index (χ0) is 20.2. The summed E-state index contributed by atoms with van der Waals surface area (Å²) in [6.07, 6.45) is 3.48. The van der Waals surface area contributed by atoms with Crippen molar-refractivity contribution in [1.82, 2.24) is 20.2 Å². The quantitative estimate of drug-likeness (QED) is 0.699. The van der Waals surface area contributed by atoms with Crippen LogP contribution in [0.4, 0.5) is 0 Å². The van der Waals surface area contributed by atoms with E-state index < -0.39 is 0 Å². The summed E-state index contributed by atoms with van der Waals surface area (Å²) in [5.74, 6) is 0.726. The Morgan fingerprint density at radius 3 is 3.00 bits per heavy atom. The molecule has 1 saturated heterocycles. The minimum absolute atomic E-state index is 0.0406. The number of carbonyl (C=O) groups excluding carboxylic acids is 2. The lowest BCUT2D eigenvalue weighted by molar-refractivity contribution is -0.131. The first-order valence-corrected chi connectivity index (χ1v) is 9.77. The number of H-pyrrole nitrogens is 1. The highest BCUT2D eigenvalue weighted by Crippen LogP contribution is 2.19. The lowest BCUT2D eigenvalue weighted by atomic mass is 10.1. The van der Waals surface area contributed by atoms with Crippen molar-refractivity contribution < 1.29 is 14.3 Å². The van der Waals surface area contributed by atoms with Crippen LogP contribution in [0, 0.1) is 0 Å². The number of nitrogens with zero attached hydrogens (tertiary/aromatic N) is 2. The van der Waals surface area contributed by atoms with Gasteiger partial charge in [0.05, 0.1) is 18.1 Å². The van der Waals surface area contributed by atoms with Gasteiger partial charge in [0, 0.05) is 31.7 Å². The third-order valence-corrected chi connectivity index (χ3v) is 5.28. The summed E-state index contributed by atoms with van der Waals surface area (Å²) >= 11 is 0. The van der Waals surface area contributed by atoms with E-state index in [4.69, 9.17) is 4.74 Å². The molecule has 0 spiro atoms. The maximum Gasteiger partial charge on any atom is 0.268 e. The number of fused-ring (bicyclic) bond motifs is 1. The van der Waals surface area contributed by atoms with Crippen LogP contribution in [0.5, 0.6) is 5.75 Å². The third kappa shape index (κ3) is 4.39. The molecule has 7 nitrogen and oxygen atoms in total. The van der Waals surface area contributed by atoms with E-state index in [0.717, 1.165) is 28.8 Å². The van der Waals surface area contributed by atoms with Crippen LogP contribution in [0.3, 0.4) is 0 Å². The summed E-state index contributed by atoms with van der Waals surface area (Å²) < 4.78 is 5.26. The Hall–Kier alpha value is -3.35. The normalized spacial score (nSPS) is 17.2. The van der Waals surface area contributed by atoms with Crippen molar-refractivity contribution in [2.75, 3.05) is 13.7 Å². The van der Waals surface area contributed by atoms with Gasteiger partial charge in [-0.05, 0) is 48.7 Å². The van der Waals surface area contributed by atoms with Crippen LogP contribution in [-0.4, -0.2) is 46.4 Å². The van der Waals surface area contributed by atoms with E-state index in [9.17, 15) is 9.59 Å². The number of hydrogen-bond acceptors (Lipinski definition) is 4. The van der Waals surface area contributed by atoms with E-state index in [1.165, 1.54) is 0 Å². The third-order valence-electron chi connectivity index (χ3n) is 5.28. The number of carbonyl (C=O) groups is 2. The molecule has 150 valence electrons. The van der Waals surface area contributed by atoms with Gasteiger partial charge in [-0.1, -0.05) is 12.1 Å². The molecule has 0 bridgehead atoms. The molecule has 1 aliphatic rings. The predicted octanol–water partition coefficient (Wildman–Crippen LogP) is 2.88. The number of aromatic nitrogens is 2. The maximum atomic E-state index is 12.6. The monoisotopic (exact) mass is 392 g/mol. The van der Waals surface area contributed by atoms with Gasteiger partial charge in [-0.25, -0.2) is 0 Å². The average Bonchev–Trinajstić information content (AvgIpc) is 3.11. The fourth-order valence-corrected chi connectivity index (χ4v) is 3.68. The zero-order valence-electron chi connectivity index (χ0n) is 16.4. The predicted molar refractivity (Wildman–Crippen MR) is 110 cm³/mol. The molecule has 0 aliphatic carbocycles. The number of rotatable bonds is 5. The van der Waals surface area contributed by atoms with Gasteiger partial charge in [-0.3, -0.25) is 14.6 Å². The van der Waals surface area contributed by atoms with Crippen LogP contribution in [-0.2, 0) is 11.3 Å². The SMILES string of the molecule is COc1cccc(CN2CCC(NC(=O)c3cc4ncccc4[nH]3)CCC2=O)c1. The highest BCUT2D eigenvalue weighted by atomic mass is 16.5. The van der Waals surface area contributed by atoms with E-state index in [0.29, 0.717) is 31.6 Å². The molecule has 0 radical (unpaired) electrons. The van der Waals surface area contributed by atoms with E-state index in [-0.39, 0.29) is 17.9 Å². The highest BCUT2D eigenvalue weighted by molar-refractivity contribution is 5.97. The largest absolute Gasteiger partial charge is 0.497 e. The van der Waals surface area contributed by atoms with E-state index in [2.05, 4.69) is 15.3 Å². The Kier molecular flexibility index (Phi) is 5.46. The fraction of sp³-hybridized carbons (Fsp3) is 0.318. The Labute approximate surface area is 169 Å². The molecule has 2 amide bonds. The minimum Gasteiger partial charge on any atom is -0.497 e.